The van der Waals surface area contributed by atoms with E-state index in [4.69, 9.17) is 16.3 Å². The standard InChI is InChI=1S/C18H26ClNO/c1-6-10-20(11-7-2)13-17(19)16-12-15(14(3)4)8-9-18(16)21-5/h6-9,12,14,17H,1-2,10-11,13H2,3-5H3. The van der Waals surface area contributed by atoms with Gasteiger partial charge in [0, 0.05) is 25.2 Å². The zero-order chi connectivity index (χ0) is 15.8. The summed E-state index contributed by atoms with van der Waals surface area (Å²) in [5.74, 6) is 1.31. The summed E-state index contributed by atoms with van der Waals surface area (Å²) in [5, 5.41) is -0.126. The minimum absolute atomic E-state index is 0.126. The van der Waals surface area contributed by atoms with Crippen molar-refractivity contribution in [3.63, 3.8) is 0 Å². The maximum Gasteiger partial charge on any atom is 0.123 e. The lowest BCUT2D eigenvalue weighted by Gasteiger charge is -2.24. The van der Waals surface area contributed by atoms with E-state index in [1.165, 1.54) is 5.56 Å². The summed E-state index contributed by atoms with van der Waals surface area (Å²) in [6, 6.07) is 6.26. The molecule has 0 aliphatic rings. The number of ether oxygens (including phenoxy) is 1. The molecule has 0 saturated heterocycles. The normalized spacial score (nSPS) is 12.5. The van der Waals surface area contributed by atoms with Gasteiger partial charge in [0.05, 0.1) is 12.5 Å². The third kappa shape index (κ3) is 5.22. The van der Waals surface area contributed by atoms with Crippen LogP contribution < -0.4 is 4.74 Å². The minimum atomic E-state index is -0.126. The van der Waals surface area contributed by atoms with E-state index in [1.807, 2.05) is 18.2 Å². The fourth-order valence-corrected chi connectivity index (χ4v) is 2.64. The van der Waals surface area contributed by atoms with Gasteiger partial charge in [0.2, 0.25) is 0 Å². The monoisotopic (exact) mass is 307 g/mol. The van der Waals surface area contributed by atoms with Crippen molar-refractivity contribution in [2.45, 2.75) is 25.1 Å². The molecule has 1 atom stereocenters. The van der Waals surface area contributed by atoms with Crippen molar-refractivity contribution in [1.82, 2.24) is 4.90 Å². The second kappa shape index (κ2) is 8.91. The van der Waals surface area contributed by atoms with Crippen molar-refractivity contribution < 1.29 is 4.74 Å². The number of hydrogen-bond acceptors (Lipinski definition) is 2. The zero-order valence-corrected chi connectivity index (χ0v) is 14.1. The SMILES string of the molecule is C=CCN(CC=C)CC(Cl)c1cc(C(C)C)ccc1OC. The topological polar surface area (TPSA) is 12.5 Å². The van der Waals surface area contributed by atoms with Crippen LogP contribution in [0.4, 0.5) is 0 Å². The van der Waals surface area contributed by atoms with Crippen LogP contribution in [0.5, 0.6) is 5.75 Å². The molecule has 0 aliphatic carbocycles. The quantitative estimate of drug-likeness (QED) is 0.481. The Morgan fingerprint density at radius 2 is 1.86 bits per heavy atom. The molecule has 1 unspecified atom stereocenters. The molecule has 0 saturated carbocycles. The fraction of sp³-hybridized carbons (Fsp3) is 0.444. The molecule has 0 aliphatic heterocycles. The molecule has 0 fully saturated rings. The number of benzene rings is 1. The van der Waals surface area contributed by atoms with E-state index in [0.29, 0.717) is 5.92 Å². The van der Waals surface area contributed by atoms with Crippen molar-refractivity contribution in [3.05, 3.63) is 54.6 Å². The summed E-state index contributed by atoms with van der Waals surface area (Å²) in [4.78, 5) is 2.21. The second-order valence-electron chi connectivity index (χ2n) is 5.42. The van der Waals surface area contributed by atoms with Gasteiger partial charge in [-0.15, -0.1) is 24.8 Å². The highest BCUT2D eigenvalue weighted by Gasteiger charge is 2.17. The molecule has 0 bridgehead atoms. The first-order chi connectivity index (χ1) is 10.0. The van der Waals surface area contributed by atoms with E-state index in [0.717, 1.165) is 30.9 Å². The lowest BCUT2D eigenvalue weighted by atomic mass is 9.98. The van der Waals surface area contributed by atoms with E-state index in [2.05, 4.69) is 44.0 Å². The fourth-order valence-electron chi connectivity index (χ4n) is 2.27. The number of hydrogen-bond donors (Lipinski definition) is 0. The number of rotatable bonds is 9. The van der Waals surface area contributed by atoms with Gasteiger partial charge in [-0.05, 0) is 17.5 Å². The first-order valence-corrected chi connectivity index (χ1v) is 7.73. The van der Waals surface area contributed by atoms with Gasteiger partial charge in [0.15, 0.2) is 0 Å². The molecule has 0 N–H and O–H groups in total. The van der Waals surface area contributed by atoms with Crippen LogP contribution in [0.25, 0.3) is 0 Å². The Morgan fingerprint density at radius 3 is 2.33 bits per heavy atom. The van der Waals surface area contributed by atoms with Gasteiger partial charge in [-0.25, -0.2) is 0 Å². The second-order valence-corrected chi connectivity index (χ2v) is 5.95. The average molecular weight is 308 g/mol. The highest BCUT2D eigenvalue weighted by molar-refractivity contribution is 6.21. The summed E-state index contributed by atoms with van der Waals surface area (Å²) in [5.41, 5.74) is 2.32. The third-order valence-corrected chi connectivity index (χ3v) is 3.82. The van der Waals surface area contributed by atoms with Crippen LogP contribution in [0.2, 0.25) is 0 Å². The van der Waals surface area contributed by atoms with Gasteiger partial charge < -0.3 is 4.74 Å². The lowest BCUT2D eigenvalue weighted by molar-refractivity contribution is 0.331. The molecule has 3 heteroatoms. The first-order valence-electron chi connectivity index (χ1n) is 7.29. The molecule has 0 amide bonds. The van der Waals surface area contributed by atoms with Gasteiger partial charge >= 0.3 is 0 Å². The van der Waals surface area contributed by atoms with Crippen LogP contribution in [0.15, 0.2) is 43.5 Å². The Labute approximate surface area is 134 Å². The molecular weight excluding hydrogens is 282 g/mol. The average Bonchev–Trinajstić information content (AvgIpc) is 2.46. The highest BCUT2D eigenvalue weighted by Crippen LogP contribution is 2.33. The molecule has 0 heterocycles. The molecule has 0 aromatic heterocycles. The van der Waals surface area contributed by atoms with E-state index in [-0.39, 0.29) is 5.38 Å². The van der Waals surface area contributed by atoms with Crippen molar-refractivity contribution >= 4 is 11.6 Å². The molecule has 21 heavy (non-hydrogen) atoms. The number of nitrogens with zero attached hydrogens (tertiary/aromatic N) is 1. The summed E-state index contributed by atoms with van der Waals surface area (Å²) < 4.78 is 5.46. The van der Waals surface area contributed by atoms with Crippen LogP contribution in [0, 0.1) is 0 Å². The van der Waals surface area contributed by atoms with Crippen LogP contribution in [0.3, 0.4) is 0 Å². The Kier molecular flexibility index (Phi) is 7.55. The maximum atomic E-state index is 6.64. The van der Waals surface area contributed by atoms with Crippen LogP contribution in [-0.2, 0) is 0 Å². The number of methoxy groups -OCH3 is 1. The van der Waals surface area contributed by atoms with Crippen molar-refractivity contribution in [3.8, 4) is 5.75 Å². The van der Waals surface area contributed by atoms with Crippen LogP contribution in [0.1, 0.15) is 36.3 Å². The minimum Gasteiger partial charge on any atom is -0.496 e. The van der Waals surface area contributed by atoms with Gasteiger partial charge in [-0.3, -0.25) is 4.90 Å². The molecule has 0 spiro atoms. The Bertz CT molecular complexity index is 460. The van der Waals surface area contributed by atoms with Crippen molar-refractivity contribution in [1.29, 1.82) is 0 Å². The van der Waals surface area contributed by atoms with Gasteiger partial charge in [0.1, 0.15) is 5.75 Å². The van der Waals surface area contributed by atoms with E-state index in [1.54, 1.807) is 7.11 Å². The van der Waals surface area contributed by atoms with Gasteiger partial charge in [-0.1, -0.05) is 38.1 Å². The summed E-state index contributed by atoms with van der Waals surface area (Å²) in [7, 11) is 1.68. The maximum absolute atomic E-state index is 6.64. The number of alkyl halides is 1. The molecule has 2 nitrogen and oxygen atoms in total. The summed E-state index contributed by atoms with van der Waals surface area (Å²) >= 11 is 6.64. The molecule has 1 aromatic carbocycles. The van der Waals surface area contributed by atoms with Gasteiger partial charge in [-0.2, -0.15) is 0 Å². The third-order valence-electron chi connectivity index (χ3n) is 3.45. The summed E-state index contributed by atoms with van der Waals surface area (Å²) in [6.45, 7) is 14.3. The lowest BCUT2D eigenvalue weighted by Crippen LogP contribution is -2.27. The zero-order valence-electron chi connectivity index (χ0n) is 13.3. The smallest absolute Gasteiger partial charge is 0.123 e. The predicted octanol–water partition coefficient (Wildman–Crippen LogP) is 4.77. The first kappa shape index (κ1) is 17.8. The molecule has 116 valence electrons. The van der Waals surface area contributed by atoms with E-state index < -0.39 is 0 Å². The molecule has 0 radical (unpaired) electrons. The number of halogens is 1. The molecule has 1 rings (SSSR count). The molecule has 1 aromatic rings. The Hall–Kier alpha value is -1.25. The largest absolute Gasteiger partial charge is 0.496 e. The van der Waals surface area contributed by atoms with Crippen molar-refractivity contribution in [2.75, 3.05) is 26.7 Å². The van der Waals surface area contributed by atoms with Crippen LogP contribution in [-0.4, -0.2) is 31.6 Å². The van der Waals surface area contributed by atoms with E-state index in [9.17, 15) is 0 Å². The Morgan fingerprint density at radius 1 is 1.24 bits per heavy atom. The summed E-state index contributed by atoms with van der Waals surface area (Å²) in [6.07, 6.45) is 3.77. The van der Waals surface area contributed by atoms with Gasteiger partial charge in [0.25, 0.3) is 0 Å². The Balaban J connectivity index is 2.97. The predicted molar refractivity (Wildman–Crippen MR) is 92.5 cm³/mol. The molecular formula is C18H26ClNO. The highest BCUT2D eigenvalue weighted by atomic mass is 35.5. The van der Waals surface area contributed by atoms with Crippen molar-refractivity contribution in [2.24, 2.45) is 0 Å². The van der Waals surface area contributed by atoms with E-state index >= 15 is 0 Å². The van der Waals surface area contributed by atoms with Crippen LogP contribution >= 0.6 is 11.6 Å².